The molecule has 3 heteroatoms. The Labute approximate surface area is 120 Å². The highest BCUT2D eigenvalue weighted by molar-refractivity contribution is 5.80. The van der Waals surface area contributed by atoms with Crippen molar-refractivity contribution in [1.82, 2.24) is 4.90 Å². The third kappa shape index (κ3) is 2.63. The molecule has 0 unspecified atom stereocenters. The van der Waals surface area contributed by atoms with Gasteiger partial charge in [0.05, 0.1) is 12.7 Å². The summed E-state index contributed by atoms with van der Waals surface area (Å²) in [6, 6.07) is 10.6. The molecule has 2 heterocycles. The fourth-order valence-corrected chi connectivity index (χ4v) is 3.33. The average Bonchev–Trinajstić information content (AvgIpc) is 3.00. The molecule has 0 radical (unpaired) electrons. The number of carbonyl (C=O) groups excluding carboxylic acids is 1. The lowest BCUT2D eigenvalue weighted by Crippen LogP contribution is -2.29. The zero-order valence-corrected chi connectivity index (χ0v) is 11.9. The summed E-state index contributed by atoms with van der Waals surface area (Å²) < 4.78 is 5.98. The van der Waals surface area contributed by atoms with Crippen LogP contribution in [-0.4, -0.2) is 29.5 Å². The Bertz CT molecular complexity index is 497. The largest absolute Gasteiger partial charge is 0.372 e. The second kappa shape index (κ2) is 5.80. The van der Waals surface area contributed by atoms with Crippen molar-refractivity contribution in [3.63, 3.8) is 0 Å². The first-order valence-corrected chi connectivity index (χ1v) is 7.35. The Morgan fingerprint density at radius 1 is 1.35 bits per heavy atom. The van der Waals surface area contributed by atoms with Gasteiger partial charge < -0.3 is 9.64 Å². The maximum atomic E-state index is 12.0. The highest BCUT2D eigenvalue weighted by atomic mass is 16.5. The Hall–Kier alpha value is -1.61. The molecule has 1 amide bonds. The molecule has 1 aromatic rings. The molecule has 2 aliphatic rings. The maximum Gasteiger partial charge on any atom is 0.223 e. The minimum absolute atomic E-state index is 0.178. The lowest BCUT2D eigenvalue weighted by molar-refractivity contribution is -0.128. The van der Waals surface area contributed by atoms with Crippen molar-refractivity contribution >= 4 is 5.91 Å². The van der Waals surface area contributed by atoms with Crippen LogP contribution in [0.5, 0.6) is 0 Å². The van der Waals surface area contributed by atoms with E-state index in [1.807, 2.05) is 30.0 Å². The highest BCUT2D eigenvalue weighted by Crippen LogP contribution is 2.35. The highest BCUT2D eigenvalue weighted by Gasteiger charge is 2.45. The molecule has 3 atom stereocenters. The molecular formula is C17H21NO2. The molecule has 3 nitrogen and oxygen atoms in total. The molecule has 0 N–H and O–H groups in total. The van der Waals surface area contributed by atoms with Crippen molar-refractivity contribution in [3.05, 3.63) is 48.0 Å². The topological polar surface area (TPSA) is 29.5 Å². The molecule has 106 valence electrons. The van der Waals surface area contributed by atoms with Gasteiger partial charge in [-0.3, -0.25) is 4.79 Å². The standard InChI is InChI=1S/C17H21NO2/c1-2-6-14-9-17(19)18-11-15(10-16(14)18)20-12-13-7-4-3-5-8-13/h2-8,14-16H,9-12H2,1H3/b6-2+/t14-,15+,16+/m0/s1. The zero-order valence-electron chi connectivity index (χ0n) is 11.9. The predicted molar refractivity (Wildman–Crippen MR) is 78.1 cm³/mol. The molecule has 0 aromatic heterocycles. The Morgan fingerprint density at radius 3 is 2.90 bits per heavy atom. The van der Waals surface area contributed by atoms with Gasteiger partial charge in [0.25, 0.3) is 0 Å². The predicted octanol–water partition coefficient (Wildman–Crippen LogP) is 2.77. The Balaban J connectivity index is 1.58. The molecule has 0 saturated carbocycles. The monoisotopic (exact) mass is 271 g/mol. The number of nitrogens with zero attached hydrogens (tertiary/aromatic N) is 1. The molecule has 3 rings (SSSR count). The van der Waals surface area contributed by atoms with Crippen molar-refractivity contribution in [2.75, 3.05) is 6.54 Å². The smallest absolute Gasteiger partial charge is 0.223 e. The number of hydrogen-bond donors (Lipinski definition) is 0. The second-order valence-electron chi connectivity index (χ2n) is 5.66. The molecule has 0 spiro atoms. The van der Waals surface area contributed by atoms with Gasteiger partial charge in [0, 0.05) is 24.9 Å². The van der Waals surface area contributed by atoms with Crippen molar-refractivity contribution in [2.45, 2.75) is 38.5 Å². The van der Waals surface area contributed by atoms with Crippen LogP contribution in [0, 0.1) is 5.92 Å². The van der Waals surface area contributed by atoms with E-state index in [1.165, 1.54) is 5.56 Å². The van der Waals surface area contributed by atoms with Gasteiger partial charge in [-0.05, 0) is 18.9 Å². The van der Waals surface area contributed by atoms with Crippen LogP contribution in [0.25, 0.3) is 0 Å². The summed E-state index contributed by atoms with van der Waals surface area (Å²) in [6.07, 6.45) is 6.03. The summed E-state index contributed by atoms with van der Waals surface area (Å²) >= 11 is 0. The number of hydrogen-bond acceptors (Lipinski definition) is 2. The fraction of sp³-hybridized carbons (Fsp3) is 0.471. The molecule has 1 aromatic carbocycles. The Morgan fingerprint density at radius 2 is 2.15 bits per heavy atom. The summed E-state index contributed by atoms with van der Waals surface area (Å²) in [5.74, 6) is 0.654. The van der Waals surface area contributed by atoms with E-state index in [1.54, 1.807) is 0 Å². The molecular weight excluding hydrogens is 250 g/mol. The van der Waals surface area contributed by atoms with Gasteiger partial charge in [-0.2, -0.15) is 0 Å². The van der Waals surface area contributed by atoms with Gasteiger partial charge in [0.2, 0.25) is 5.91 Å². The normalized spacial score (nSPS) is 29.4. The lowest BCUT2D eigenvalue weighted by atomic mass is 9.97. The van der Waals surface area contributed by atoms with Crippen LogP contribution < -0.4 is 0 Å². The molecule has 0 bridgehead atoms. The van der Waals surface area contributed by atoms with E-state index in [0.717, 1.165) is 13.0 Å². The number of ether oxygens (including phenoxy) is 1. The van der Waals surface area contributed by atoms with Crippen molar-refractivity contribution in [1.29, 1.82) is 0 Å². The van der Waals surface area contributed by atoms with Crippen LogP contribution in [-0.2, 0) is 16.1 Å². The number of rotatable bonds is 4. The third-order valence-electron chi connectivity index (χ3n) is 4.30. The number of allylic oxidation sites excluding steroid dienone is 1. The van der Waals surface area contributed by atoms with E-state index < -0.39 is 0 Å². The number of fused-ring (bicyclic) bond motifs is 1. The molecule has 2 saturated heterocycles. The number of amides is 1. The summed E-state index contributed by atoms with van der Waals surface area (Å²) in [5.41, 5.74) is 1.19. The third-order valence-corrected chi connectivity index (χ3v) is 4.30. The van der Waals surface area contributed by atoms with Crippen LogP contribution in [0.3, 0.4) is 0 Å². The first kappa shape index (κ1) is 13.4. The van der Waals surface area contributed by atoms with E-state index in [4.69, 9.17) is 4.74 Å². The summed E-state index contributed by atoms with van der Waals surface area (Å²) in [6.45, 7) is 3.41. The van der Waals surface area contributed by atoms with Crippen LogP contribution in [0.2, 0.25) is 0 Å². The first-order valence-electron chi connectivity index (χ1n) is 7.35. The van der Waals surface area contributed by atoms with Crippen LogP contribution >= 0.6 is 0 Å². The minimum atomic E-state index is 0.178. The van der Waals surface area contributed by atoms with Gasteiger partial charge in [-0.25, -0.2) is 0 Å². The van der Waals surface area contributed by atoms with Gasteiger partial charge in [-0.15, -0.1) is 0 Å². The van der Waals surface area contributed by atoms with E-state index >= 15 is 0 Å². The van der Waals surface area contributed by atoms with Crippen molar-refractivity contribution < 1.29 is 9.53 Å². The van der Waals surface area contributed by atoms with Crippen LogP contribution in [0.15, 0.2) is 42.5 Å². The number of benzene rings is 1. The maximum absolute atomic E-state index is 12.0. The van der Waals surface area contributed by atoms with Gasteiger partial charge in [-0.1, -0.05) is 42.5 Å². The van der Waals surface area contributed by atoms with Crippen molar-refractivity contribution in [2.24, 2.45) is 5.92 Å². The van der Waals surface area contributed by atoms with E-state index in [0.29, 0.717) is 25.0 Å². The fourth-order valence-electron chi connectivity index (χ4n) is 3.33. The molecule has 20 heavy (non-hydrogen) atoms. The van der Waals surface area contributed by atoms with E-state index in [9.17, 15) is 4.79 Å². The summed E-state index contributed by atoms with van der Waals surface area (Å²) in [5, 5.41) is 0. The van der Waals surface area contributed by atoms with Gasteiger partial charge in [0.15, 0.2) is 0 Å². The summed E-state index contributed by atoms with van der Waals surface area (Å²) in [7, 11) is 0. The minimum Gasteiger partial charge on any atom is -0.372 e. The number of carbonyl (C=O) groups is 1. The molecule has 2 aliphatic heterocycles. The second-order valence-corrected chi connectivity index (χ2v) is 5.66. The lowest BCUT2D eigenvalue weighted by Gasteiger charge is -2.16. The van der Waals surface area contributed by atoms with E-state index in [-0.39, 0.29) is 12.0 Å². The quantitative estimate of drug-likeness (QED) is 0.788. The Kier molecular flexibility index (Phi) is 3.88. The molecule has 0 aliphatic carbocycles. The first-order chi connectivity index (χ1) is 9.78. The van der Waals surface area contributed by atoms with Gasteiger partial charge in [0.1, 0.15) is 0 Å². The zero-order chi connectivity index (χ0) is 13.9. The SMILES string of the molecule is C/C=C/[C@H]1CC(=O)N2C[C@H](OCc3ccccc3)C[C@H]12. The van der Waals surface area contributed by atoms with Gasteiger partial charge >= 0.3 is 0 Å². The molecule has 2 fully saturated rings. The summed E-state index contributed by atoms with van der Waals surface area (Å²) in [4.78, 5) is 14.0. The van der Waals surface area contributed by atoms with Crippen LogP contribution in [0.4, 0.5) is 0 Å². The van der Waals surface area contributed by atoms with Crippen molar-refractivity contribution in [3.8, 4) is 0 Å². The van der Waals surface area contributed by atoms with E-state index in [2.05, 4.69) is 24.3 Å². The average molecular weight is 271 g/mol. The van der Waals surface area contributed by atoms with Crippen LogP contribution in [0.1, 0.15) is 25.3 Å².